The molecule has 0 bridgehead atoms. The Labute approximate surface area is 80.6 Å². The summed E-state index contributed by atoms with van der Waals surface area (Å²) in [5.74, 6) is -0.340. The zero-order chi connectivity index (χ0) is 10.1. The van der Waals surface area contributed by atoms with E-state index < -0.39 is 6.36 Å². The molecule has 2 nitrogen and oxygen atoms in total. The highest BCUT2D eigenvalue weighted by molar-refractivity contribution is 9.10. The van der Waals surface area contributed by atoms with Gasteiger partial charge in [0.25, 0.3) is 0 Å². The minimum absolute atomic E-state index is 0.104. The summed E-state index contributed by atoms with van der Waals surface area (Å²) < 4.78 is 39.1. The minimum Gasteiger partial charge on any atom is -0.405 e. The second-order valence-corrected chi connectivity index (χ2v) is 3.00. The van der Waals surface area contributed by atoms with E-state index in [4.69, 9.17) is 5.73 Å². The van der Waals surface area contributed by atoms with Crippen LogP contribution in [-0.2, 0) is 0 Å². The average Bonchev–Trinajstić information content (AvgIpc) is 1.96. The molecule has 0 atom stereocenters. The fourth-order valence-electron chi connectivity index (χ4n) is 0.731. The van der Waals surface area contributed by atoms with Crippen molar-refractivity contribution >= 4 is 21.6 Å². The lowest BCUT2D eigenvalue weighted by molar-refractivity contribution is -0.274. The van der Waals surface area contributed by atoms with Crippen LogP contribution in [0.15, 0.2) is 22.7 Å². The number of hydrogen-bond acceptors (Lipinski definition) is 2. The van der Waals surface area contributed by atoms with Crippen molar-refractivity contribution in [1.82, 2.24) is 0 Å². The number of nitrogens with two attached hydrogens (primary N) is 1. The van der Waals surface area contributed by atoms with Crippen molar-refractivity contribution in [3.8, 4) is 5.75 Å². The maximum atomic E-state index is 11.8. The van der Waals surface area contributed by atoms with Gasteiger partial charge < -0.3 is 10.5 Å². The molecule has 13 heavy (non-hydrogen) atoms. The van der Waals surface area contributed by atoms with Crippen molar-refractivity contribution in [3.05, 3.63) is 22.7 Å². The Morgan fingerprint density at radius 3 is 2.46 bits per heavy atom. The molecule has 0 aliphatic carbocycles. The molecule has 0 radical (unpaired) electrons. The van der Waals surface area contributed by atoms with Crippen molar-refractivity contribution < 1.29 is 17.9 Å². The highest BCUT2D eigenvalue weighted by atomic mass is 79.9. The third-order valence-electron chi connectivity index (χ3n) is 1.22. The van der Waals surface area contributed by atoms with Crippen LogP contribution >= 0.6 is 15.9 Å². The normalized spacial score (nSPS) is 11.4. The van der Waals surface area contributed by atoms with Crippen molar-refractivity contribution in [2.75, 3.05) is 5.73 Å². The lowest BCUT2D eigenvalue weighted by Gasteiger charge is -2.10. The monoisotopic (exact) mass is 255 g/mol. The van der Waals surface area contributed by atoms with Gasteiger partial charge in [0, 0.05) is 5.69 Å². The third kappa shape index (κ3) is 2.80. The molecule has 1 aromatic rings. The van der Waals surface area contributed by atoms with Gasteiger partial charge in [-0.3, -0.25) is 0 Å². The highest BCUT2D eigenvalue weighted by Crippen LogP contribution is 2.33. The lowest BCUT2D eigenvalue weighted by atomic mass is 10.3. The molecule has 0 spiro atoms. The molecule has 72 valence electrons. The Morgan fingerprint density at radius 2 is 1.92 bits per heavy atom. The first kappa shape index (κ1) is 10.2. The van der Waals surface area contributed by atoms with E-state index in [0.717, 1.165) is 0 Å². The Balaban J connectivity index is 2.96. The van der Waals surface area contributed by atoms with Crippen molar-refractivity contribution in [1.29, 1.82) is 0 Å². The minimum atomic E-state index is -4.70. The van der Waals surface area contributed by atoms with Crippen LogP contribution < -0.4 is 10.5 Å². The lowest BCUT2D eigenvalue weighted by Crippen LogP contribution is -2.17. The second-order valence-electron chi connectivity index (χ2n) is 2.21. The SMILES string of the molecule is Nc1cccc(OC(F)(F)F)c1Br. The molecule has 1 aromatic carbocycles. The van der Waals surface area contributed by atoms with E-state index in [0.29, 0.717) is 0 Å². The number of hydrogen-bond donors (Lipinski definition) is 1. The molecule has 0 aromatic heterocycles. The van der Waals surface area contributed by atoms with Crippen LogP contribution in [0.1, 0.15) is 0 Å². The van der Waals surface area contributed by atoms with Gasteiger partial charge in [-0.1, -0.05) is 6.07 Å². The zero-order valence-corrected chi connectivity index (χ0v) is 7.82. The van der Waals surface area contributed by atoms with Crippen LogP contribution in [-0.4, -0.2) is 6.36 Å². The van der Waals surface area contributed by atoms with E-state index in [-0.39, 0.29) is 15.9 Å². The van der Waals surface area contributed by atoms with E-state index in [9.17, 15) is 13.2 Å². The fraction of sp³-hybridized carbons (Fsp3) is 0.143. The third-order valence-corrected chi connectivity index (χ3v) is 2.07. The maximum Gasteiger partial charge on any atom is 0.573 e. The van der Waals surface area contributed by atoms with E-state index in [1.165, 1.54) is 18.2 Å². The zero-order valence-electron chi connectivity index (χ0n) is 6.23. The summed E-state index contributed by atoms with van der Waals surface area (Å²) in [6.45, 7) is 0. The summed E-state index contributed by atoms with van der Waals surface area (Å²) in [6, 6.07) is 4.02. The molecule has 0 aliphatic rings. The molecule has 0 unspecified atom stereocenters. The molecular formula is C7H5BrF3NO. The van der Waals surface area contributed by atoms with Gasteiger partial charge in [0.1, 0.15) is 5.75 Å². The molecule has 0 saturated carbocycles. The van der Waals surface area contributed by atoms with Crippen molar-refractivity contribution in [2.24, 2.45) is 0 Å². The predicted molar refractivity (Wildman–Crippen MR) is 45.2 cm³/mol. The fourth-order valence-corrected chi connectivity index (χ4v) is 1.08. The topological polar surface area (TPSA) is 35.2 Å². The summed E-state index contributed by atoms with van der Waals surface area (Å²) in [7, 11) is 0. The van der Waals surface area contributed by atoms with Crippen molar-refractivity contribution in [2.45, 2.75) is 6.36 Å². The maximum absolute atomic E-state index is 11.8. The van der Waals surface area contributed by atoms with Gasteiger partial charge in [-0.15, -0.1) is 13.2 Å². The Bertz CT molecular complexity index is 313. The number of rotatable bonds is 1. The molecule has 0 saturated heterocycles. The molecule has 6 heteroatoms. The van der Waals surface area contributed by atoms with Gasteiger partial charge in [0.15, 0.2) is 0 Å². The van der Waals surface area contributed by atoms with Crippen LogP contribution in [0.25, 0.3) is 0 Å². The number of ether oxygens (including phenoxy) is 1. The summed E-state index contributed by atoms with van der Waals surface area (Å²) in [6.07, 6.45) is -4.70. The average molecular weight is 256 g/mol. The summed E-state index contributed by atoms with van der Waals surface area (Å²) in [5, 5.41) is 0. The number of alkyl halides is 3. The number of halogens is 4. The van der Waals surface area contributed by atoms with Crippen molar-refractivity contribution in [3.63, 3.8) is 0 Å². The van der Waals surface area contributed by atoms with Gasteiger partial charge in [0.2, 0.25) is 0 Å². The summed E-state index contributed by atoms with van der Waals surface area (Å²) >= 11 is 2.88. The first-order valence-electron chi connectivity index (χ1n) is 3.20. The van der Waals surface area contributed by atoms with E-state index >= 15 is 0 Å². The summed E-state index contributed by atoms with van der Waals surface area (Å²) in [5.41, 5.74) is 5.54. The molecule has 0 aliphatic heterocycles. The number of nitrogen functional groups attached to an aromatic ring is 1. The van der Waals surface area contributed by atoms with E-state index in [1.807, 2.05) is 0 Å². The van der Waals surface area contributed by atoms with Gasteiger partial charge in [-0.05, 0) is 28.1 Å². The van der Waals surface area contributed by atoms with Crippen LogP contribution in [0.3, 0.4) is 0 Å². The highest BCUT2D eigenvalue weighted by Gasteiger charge is 2.32. The molecule has 0 heterocycles. The molecule has 0 amide bonds. The standard InChI is InChI=1S/C7H5BrF3NO/c8-6-4(12)2-1-3-5(6)13-7(9,10)11/h1-3H,12H2. The number of benzene rings is 1. The first-order valence-corrected chi connectivity index (χ1v) is 3.99. The molecule has 2 N–H and O–H groups in total. The predicted octanol–water partition coefficient (Wildman–Crippen LogP) is 2.93. The second kappa shape index (κ2) is 3.45. The van der Waals surface area contributed by atoms with Crippen LogP contribution in [0.2, 0.25) is 0 Å². The first-order chi connectivity index (χ1) is 5.90. The summed E-state index contributed by atoms with van der Waals surface area (Å²) in [4.78, 5) is 0. The molecular weight excluding hydrogens is 251 g/mol. The van der Waals surface area contributed by atoms with Crippen LogP contribution in [0.5, 0.6) is 5.75 Å². The van der Waals surface area contributed by atoms with Gasteiger partial charge in [-0.25, -0.2) is 0 Å². The molecule has 0 fully saturated rings. The van der Waals surface area contributed by atoms with Crippen LogP contribution in [0.4, 0.5) is 18.9 Å². The largest absolute Gasteiger partial charge is 0.573 e. The Kier molecular flexibility index (Phi) is 2.70. The van der Waals surface area contributed by atoms with E-state index in [1.54, 1.807) is 0 Å². The Morgan fingerprint density at radius 1 is 1.31 bits per heavy atom. The number of anilines is 1. The van der Waals surface area contributed by atoms with Gasteiger partial charge >= 0.3 is 6.36 Å². The quantitative estimate of drug-likeness (QED) is 0.784. The smallest absolute Gasteiger partial charge is 0.405 e. The van der Waals surface area contributed by atoms with Gasteiger partial charge in [0.05, 0.1) is 4.47 Å². The van der Waals surface area contributed by atoms with Crippen LogP contribution in [0, 0.1) is 0 Å². The Hall–Kier alpha value is -0.910. The van der Waals surface area contributed by atoms with E-state index in [2.05, 4.69) is 20.7 Å². The molecule has 1 rings (SSSR count). The van der Waals surface area contributed by atoms with Gasteiger partial charge in [-0.2, -0.15) is 0 Å².